The van der Waals surface area contributed by atoms with Gasteiger partial charge in [0.1, 0.15) is 11.6 Å². The van der Waals surface area contributed by atoms with Crippen LogP contribution in [0.5, 0.6) is 5.75 Å². The van der Waals surface area contributed by atoms with Crippen molar-refractivity contribution in [2.24, 2.45) is 5.41 Å². The molecule has 2 heterocycles. The molecule has 1 aliphatic rings. The van der Waals surface area contributed by atoms with E-state index in [4.69, 9.17) is 9.72 Å². The zero-order chi connectivity index (χ0) is 17.3. The minimum Gasteiger partial charge on any atom is -0.497 e. The Kier molecular flexibility index (Phi) is 4.35. The number of imidazole rings is 1. The number of hydrogen-bond acceptors (Lipinski definition) is 3. The third kappa shape index (κ3) is 3.61. The zero-order valence-corrected chi connectivity index (χ0v) is 14.8. The molecule has 1 aromatic heterocycles. The molecule has 5 heteroatoms. The molecule has 0 radical (unpaired) electrons. The minimum atomic E-state index is 0.0110. The number of carbonyl (C=O) groups excluding carboxylic acids is 1. The van der Waals surface area contributed by atoms with E-state index < -0.39 is 0 Å². The van der Waals surface area contributed by atoms with Gasteiger partial charge in [0.2, 0.25) is 5.91 Å². The lowest BCUT2D eigenvalue weighted by Crippen LogP contribution is -2.37. The summed E-state index contributed by atoms with van der Waals surface area (Å²) in [6, 6.07) is 7.84. The maximum atomic E-state index is 12.5. The summed E-state index contributed by atoms with van der Waals surface area (Å²) in [6.07, 6.45) is 1.37. The fourth-order valence-corrected chi connectivity index (χ4v) is 2.98. The molecule has 0 saturated heterocycles. The number of aromatic amines is 1. The molecule has 0 unspecified atom stereocenters. The number of H-pyrrole nitrogens is 1. The molecule has 128 valence electrons. The Labute approximate surface area is 143 Å². The standard InChI is InChI=1S/C19H25N3O2/c1-19(2,3)11-17(23)22-9-8-15-16(12-22)21-18(20-15)13-6-5-7-14(10-13)24-4/h5-7,10H,8-9,11-12H2,1-4H3,(H,20,21). The van der Waals surface area contributed by atoms with Crippen LogP contribution in [0.1, 0.15) is 38.6 Å². The monoisotopic (exact) mass is 327 g/mol. The van der Waals surface area contributed by atoms with Crippen LogP contribution in [0.2, 0.25) is 0 Å². The van der Waals surface area contributed by atoms with Crippen LogP contribution in [0.25, 0.3) is 11.4 Å². The average molecular weight is 327 g/mol. The lowest BCUT2D eigenvalue weighted by molar-refractivity contribution is -0.134. The van der Waals surface area contributed by atoms with E-state index in [1.165, 1.54) is 0 Å². The number of benzene rings is 1. The van der Waals surface area contributed by atoms with Crippen LogP contribution < -0.4 is 4.74 Å². The fraction of sp³-hybridized carbons (Fsp3) is 0.474. The smallest absolute Gasteiger partial charge is 0.223 e. The second-order valence-corrected chi connectivity index (χ2v) is 7.55. The number of methoxy groups -OCH3 is 1. The Bertz CT molecular complexity index is 743. The van der Waals surface area contributed by atoms with Crippen molar-refractivity contribution in [2.75, 3.05) is 13.7 Å². The maximum Gasteiger partial charge on any atom is 0.223 e. The first-order valence-electron chi connectivity index (χ1n) is 8.36. The zero-order valence-electron chi connectivity index (χ0n) is 14.8. The van der Waals surface area contributed by atoms with Crippen molar-refractivity contribution in [3.63, 3.8) is 0 Å². The van der Waals surface area contributed by atoms with E-state index in [9.17, 15) is 4.79 Å². The summed E-state index contributed by atoms with van der Waals surface area (Å²) >= 11 is 0. The van der Waals surface area contributed by atoms with Gasteiger partial charge in [0.15, 0.2) is 0 Å². The van der Waals surface area contributed by atoms with Crippen molar-refractivity contribution < 1.29 is 9.53 Å². The van der Waals surface area contributed by atoms with E-state index in [-0.39, 0.29) is 11.3 Å². The maximum absolute atomic E-state index is 12.5. The Morgan fingerprint density at radius 1 is 1.38 bits per heavy atom. The first-order chi connectivity index (χ1) is 11.4. The van der Waals surface area contributed by atoms with E-state index in [1.54, 1.807) is 7.11 Å². The Morgan fingerprint density at radius 3 is 2.88 bits per heavy atom. The summed E-state index contributed by atoms with van der Waals surface area (Å²) in [5, 5.41) is 0. The molecule has 0 aliphatic carbocycles. The number of nitrogens with one attached hydrogen (secondary N) is 1. The summed E-state index contributed by atoms with van der Waals surface area (Å²) in [6.45, 7) is 7.64. The van der Waals surface area contributed by atoms with Gasteiger partial charge in [0.05, 0.1) is 25.0 Å². The molecule has 1 aliphatic heterocycles. The van der Waals surface area contributed by atoms with Gasteiger partial charge in [-0.1, -0.05) is 32.9 Å². The summed E-state index contributed by atoms with van der Waals surface area (Å²) in [4.78, 5) is 22.5. The van der Waals surface area contributed by atoms with E-state index in [1.807, 2.05) is 29.2 Å². The van der Waals surface area contributed by atoms with Crippen LogP contribution >= 0.6 is 0 Å². The number of amides is 1. The van der Waals surface area contributed by atoms with Gasteiger partial charge in [-0.3, -0.25) is 4.79 Å². The quantitative estimate of drug-likeness (QED) is 0.940. The molecule has 1 aromatic carbocycles. The molecule has 1 amide bonds. The van der Waals surface area contributed by atoms with E-state index in [2.05, 4.69) is 25.8 Å². The van der Waals surface area contributed by atoms with E-state index >= 15 is 0 Å². The lowest BCUT2D eigenvalue weighted by atomic mass is 9.91. The largest absolute Gasteiger partial charge is 0.497 e. The Balaban J connectivity index is 1.78. The topological polar surface area (TPSA) is 58.2 Å². The lowest BCUT2D eigenvalue weighted by Gasteiger charge is -2.29. The molecule has 1 N–H and O–H groups in total. The Morgan fingerprint density at radius 2 is 2.17 bits per heavy atom. The molecule has 0 atom stereocenters. The normalized spacial score (nSPS) is 14.4. The summed E-state index contributed by atoms with van der Waals surface area (Å²) in [5.41, 5.74) is 3.11. The van der Waals surface area contributed by atoms with E-state index in [0.717, 1.165) is 41.5 Å². The van der Waals surface area contributed by atoms with Crippen LogP contribution in [0.15, 0.2) is 24.3 Å². The number of carbonyl (C=O) groups is 1. The van der Waals surface area contributed by atoms with Crippen LogP contribution in [0, 0.1) is 5.41 Å². The molecule has 0 fully saturated rings. The van der Waals surface area contributed by atoms with Gasteiger partial charge in [-0.05, 0) is 17.5 Å². The molecule has 24 heavy (non-hydrogen) atoms. The van der Waals surface area contributed by atoms with Gasteiger partial charge in [0.25, 0.3) is 0 Å². The van der Waals surface area contributed by atoms with Crippen LogP contribution in [0.3, 0.4) is 0 Å². The second-order valence-electron chi connectivity index (χ2n) is 7.55. The SMILES string of the molecule is COc1cccc(-c2nc3c([nH]2)CN(C(=O)CC(C)(C)C)CC3)c1. The minimum absolute atomic E-state index is 0.0110. The fourth-order valence-electron chi connectivity index (χ4n) is 2.98. The number of ether oxygens (including phenoxy) is 1. The molecule has 5 nitrogen and oxygen atoms in total. The number of nitrogens with zero attached hydrogens (tertiary/aromatic N) is 2. The highest BCUT2D eigenvalue weighted by Crippen LogP contribution is 2.27. The summed E-state index contributed by atoms with van der Waals surface area (Å²) < 4.78 is 5.28. The van der Waals surface area contributed by atoms with Gasteiger partial charge < -0.3 is 14.6 Å². The van der Waals surface area contributed by atoms with Crippen molar-refractivity contribution in [3.8, 4) is 17.1 Å². The summed E-state index contributed by atoms with van der Waals surface area (Å²) in [5.74, 6) is 1.86. The second kappa shape index (κ2) is 6.30. The number of fused-ring (bicyclic) bond motifs is 1. The Hall–Kier alpha value is -2.30. The third-order valence-corrected chi connectivity index (χ3v) is 4.21. The molecule has 0 saturated carbocycles. The first kappa shape index (κ1) is 16.6. The van der Waals surface area contributed by atoms with E-state index in [0.29, 0.717) is 13.0 Å². The van der Waals surface area contributed by atoms with Crippen LogP contribution in [-0.2, 0) is 17.8 Å². The van der Waals surface area contributed by atoms with Crippen molar-refractivity contribution in [2.45, 2.75) is 40.2 Å². The van der Waals surface area contributed by atoms with Gasteiger partial charge in [-0.25, -0.2) is 4.98 Å². The predicted octanol–water partition coefficient (Wildman–Crippen LogP) is 3.41. The van der Waals surface area contributed by atoms with Gasteiger partial charge in [0, 0.05) is 24.9 Å². The first-order valence-corrected chi connectivity index (χ1v) is 8.36. The predicted molar refractivity (Wildman–Crippen MR) is 93.8 cm³/mol. The van der Waals surface area contributed by atoms with Crippen LogP contribution in [-0.4, -0.2) is 34.4 Å². The van der Waals surface area contributed by atoms with Gasteiger partial charge in [-0.2, -0.15) is 0 Å². The van der Waals surface area contributed by atoms with Gasteiger partial charge >= 0.3 is 0 Å². The molecular weight excluding hydrogens is 302 g/mol. The highest BCUT2D eigenvalue weighted by atomic mass is 16.5. The number of rotatable bonds is 3. The highest BCUT2D eigenvalue weighted by Gasteiger charge is 2.26. The molecule has 0 spiro atoms. The third-order valence-electron chi connectivity index (χ3n) is 4.21. The molecular formula is C19H25N3O2. The number of hydrogen-bond donors (Lipinski definition) is 1. The van der Waals surface area contributed by atoms with Crippen molar-refractivity contribution in [1.82, 2.24) is 14.9 Å². The summed E-state index contributed by atoms with van der Waals surface area (Å²) in [7, 11) is 1.66. The molecule has 0 bridgehead atoms. The van der Waals surface area contributed by atoms with Crippen LogP contribution in [0.4, 0.5) is 0 Å². The molecule has 3 rings (SSSR count). The van der Waals surface area contributed by atoms with Crippen molar-refractivity contribution in [1.29, 1.82) is 0 Å². The van der Waals surface area contributed by atoms with Crippen molar-refractivity contribution in [3.05, 3.63) is 35.7 Å². The van der Waals surface area contributed by atoms with Gasteiger partial charge in [-0.15, -0.1) is 0 Å². The van der Waals surface area contributed by atoms with Crippen molar-refractivity contribution >= 4 is 5.91 Å². The molecule has 2 aromatic rings. The number of aromatic nitrogens is 2. The highest BCUT2D eigenvalue weighted by molar-refractivity contribution is 5.77. The average Bonchev–Trinajstić information content (AvgIpc) is 2.96.